The van der Waals surface area contributed by atoms with Crippen molar-refractivity contribution in [2.45, 2.75) is 44.8 Å². The van der Waals surface area contributed by atoms with Crippen molar-refractivity contribution < 1.29 is 19.2 Å². The van der Waals surface area contributed by atoms with E-state index in [4.69, 9.17) is 9.57 Å². The summed E-state index contributed by atoms with van der Waals surface area (Å²) >= 11 is 0. The van der Waals surface area contributed by atoms with Gasteiger partial charge in [-0.15, -0.1) is 0 Å². The molecule has 2 atom stereocenters. The van der Waals surface area contributed by atoms with Crippen LogP contribution in [0.4, 0.5) is 4.79 Å². The highest BCUT2D eigenvalue weighted by Crippen LogP contribution is 2.30. The zero-order valence-electron chi connectivity index (χ0n) is 19.7. The van der Waals surface area contributed by atoms with E-state index >= 15 is 0 Å². The van der Waals surface area contributed by atoms with Gasteiger partial charge in [0.2, 0.25) is 0 Å². The molecule has 0 radical (unpaired) electrons. The molecule has 7 heteroatoms. The second-order valence-corrected chi connectivity index (χ2v) is 8.94. The molecular weight excluding hydrogens is 430 g/mol. The molecule has 3 rings (SSSR count). The van der Waals surface area contributed by atoms with Gasteiger partial charge in [-0.25, -0.2) is 4.79 Å². The Labute approximate surface area is 200 Å². The average Bonchev–Trinajstić information content (AvgIpc) is 2.83. The molecule has 34 heavy (non-hydrogen) atoms. The lowest BCUT2D eigenvalue weighted by atomic mass is 9.88. The Hall–Kier alpha value is -3.71. The predicted molar refractivity (Wildman–Crippen MR) is 131 cm³/mol. The first-order valence-electron chi connectivity index (χ1n) is 11.2. The molecule has 2 unspecified atom stereocenters. The monoisotopic (exact) mass is 461 g/mol. The van der Waals surface area contributed by atoms with Crippen LogP contribution in [0.3, 0.4) is 0 Å². The smallest absolute Gasteiger partial charge is 0.408 e. The van der Waals surface area contributed by atoms with Gasteiger partial charge in [0.1, 0.15) is 5.60 Å². The number of carbonyl (C=O) groups excluding carboxylic acids is 2. The molecular formula is C27H31N3O4. The summed E-state index contributed by atoms with van der Waals surface area (Å²) in [7, 11) is 0. The van der Waals surface area contributed by atoms with Gasteiger partial charge in [0.15, 0.2) is 0 Å². The van der Waals surface area contributed by atoms with E-state index in [1.54, 1.807) is 6.20 Å². The highest BCUT2D eigenvalue weighted by Gasteiger charge is 2.24. The van der Waals surface area contributed by atoms with Crippen LogP contribution in [0.25, 0.3) is 11.3 Å². The Balaban J connectivity index is 1.84. The highest BCUT2D eigenvalue weighted by molar-refractivity contribution is 5.68. The van der Waals surface area contributed by atoms with E-state index in [0.29, 0.717) is 19.4 Å². The molecule has 0 fully saturated rings. The van der Waals surface area contributed by atoms with Crippen molar-refractivity contribution in [1.29, 1.82) is 0 Å². The predicted octanol–water partition coefficient (Wildman–Crippen LogP) is 5.17. The van der Waals surface area contributed by atoms with E-state index in [1.165, 1.54) is 0 Å². The number of rotatable bonds is 10. The van der Waals surface area contributed by atoms with Crippen molar-refractivity contribution in [3.63, 3.8) is 0 Å². The van der Waals surface area contributed by atoms with Gasteiger partial charge in [-0.2, -0.15) is 5.48 Å². The van der Waals surface area contributed by atoms with Gasteiger partial charge >= 0.3 is 12.6 Å². The molecule has 1 aromatic heterocycles. The molecule has 1 amide bonds. The summed E-state index contributed by atoms with van der Waals surface area (Å²) in [6.45, 7) is 6.22. The fourth-order valence-corrected chi connectivity index (χ4v) is 3.68. The summed E-state index contributed by atoms with van der Waals surface area (Å²) in [6, 6.07) is 23.3. The molecule has 0 aliphatic rings. The summed E-state index contributed by atoms with van der Waals surface area (Å²) < 4.78 is 5.50. The van der Waals surface area contributed by atoms with Crippen LogP contribution in [0.1, 0.15) is 50.3 Å². The van der Waals surface area contributed by atoms with E-state index in [1.807, 2.05) is 93.6 Å². The van der Waals surface area contributed by atoms with Crippen LogP contribution >= 0.6 is 0 Å². The topological polar surface area (TPSA) is 89.5 Å². The van der Waals surface area contributed by atoms with Crippen molar-refractivity contribution in [1.82, 2.24) is 15.8 Å². The van der Waals surface area contributed by atoms with Gasteiger partial charge in [-0.05, 0) is 50.5 Å². The molecule has 0 aliphatic heterocycles. The first-order valence-corrected chi connectivity index (χ1v) is 11.2. The van der Waals surface area contributed by atoms with Gasteiger partial charge < -0.3 is 14.9 Å². The third-order valence-electron chi connectivity index (χ3n) is 5.22. The quantitative estimate of drug-likeness (QED) is 0.246. The molecule has 0 spiro atoms. The molecule has 2 aromatic carbocycles. The Morgan fingerprint density at radius 2 is 1.68 bits per heavy atom. The Kier molecular flexibility index (Phi) is 8.76. The number of hydrogen-bond acceptors (Lipinski definition) is 6. The molecule has 0 saturated heterocycles. The van der Waals surface area contributed by atoms with Crippen molar-refractivity contribution >= 4 is 12.6 Å². The normalized spacial score (nSPS) is 12.9. The van der Waals surface area contributed by atoms with Crippen molar-refractivity contribution in [2.75, 3.05) is 6.54 Å². The molecule has 3 aromatic rings. The second kappa shape index (κ2) is 12.0. The number of hydrogen-bond donors (Lipinski definition) is 2. The van der Waals surface area contributed by atoms with E-state index in [0.717, 1.165) is 22.4 Å². The minimum absolute atomic E-state index is 0.0714. The fourth-order valence-electron chi connectivity index (χ4n) is 3.68. The van der Waals surface area contributed by atoms with Crippen LogP contribution in [0.15, 0.2) is 79.0 Å². The molecule has 178 valence electrons. The minimum Gasteiger partial charge on any atom is -0.444 e. The van der Waals surface area contributed by atoms with Gasteiger partial charge in [-0.3, -0.25) is 9.78 Å². The zero-order valence-corrected chi connectivity index (χ0v) is 19.7. The maximum absolute atomic E-state index is 12.6. The third-order valence-corrected chi connectivity index (χ3v) is 5.22. The number of amides is 1. The Bertz CT molecular complexity index is 1030. The molecule has 2 N–H and O–H groups in total. The number of hydroxylamine groups is 1. The number of alkyl carbamates (subject to hydrolysis) is 1. The van der Waals surface area contributed by atoms with E-state index in [2.05, 4.69) is 15.8 Å². The fraction of sp³-hybridized carbons (Fsp3) is 0.296. The zero-order chi connectivity index (χ0) is 24.4. The number of benzene rings is 2. The van der Waals surface area contributed by atoms with Crippen LogP contribution < -0.4 is 10.8 Å². The molecule has 0 bridgehead atoms. The Morgan fingerprint density at radius 3 is 2.29 bits per heavy atom. The molecule has 0 aliphatic carbocycles. The minimum atomic E-state index is -0.606. The van der Waals surface area contributed by atoms with Gasteiger partial charge in [0, 0.05) is 24.2 Å². The summed E-state index contributed by atoms with van der Waals surface area (Å²) in [4.78, 5) is 32.4. The van der Waals surface area contributed by atoms with Crippen LogP contribution in [0, 0.1) is 0 Å². The van der Waals surface area contributed by atoms with Crippen molar-refractivity contribution in [3.05, 3.63) is 90.1 Å². The first kappa shape index (κ1) is 24.9. The van der Waals surface area contributed by atoms with Crippen LogP contribution in [-0.2, 0) is 14.4 Å². The van der Waals surface area contributed by atoms with Gasteiger partial charge in [0.05, 0.1) is 11.7 Å². The van der Waals surface area contributed by atoms with Crippen LogP contribution in [0.5, 0.6) is 0 Å². The lowest BCUT2D eigenvalue weighted by molar-refractivity contribution is -0.135. The van der Waals surface area contributed by atoms with Gasteiger partial charge in [-0.1, -0.05) is 60.7 Å². The van der Waals surface area contributed by atoms with Crippen LogP contribution in [0.2, 0.25) is 0 Å². The van der Waals surface area contributed by atoms with Crippen LogP contribution in [-0.4, -0.2) is 29.7 Å². The number of carbonyl (C=O) groups is 2. The number of ether oxygens (including phenoxy) is 1. The Morgan fingerprint density at radius 1 is 0.971 bits per heavy atom. The summed E-state index contributed by atoms with van der Waals surface area (Å²) in [6.07, 6.45) is 1.84. The second-order valence-electron chi connectivity index (χ2n) is 8.94. The van der Waals surface area contributed by atoms with E-state index in [-0.39, 0.29) is 12.0 Å². The SMILES string of the molecule is CC(C)(C)OC(=O)NC(CC(CNOC=O)c1ccc(-c2ccccn2)cc1)c1ccccc1. The summed E-state index contributed by atoms with van der Waals surface area (Å²) in [5.74, 6) is -0.0714. The maximum atomic E-state index is 12.6. The number of aromatic nitrogens is 1. The number of pyridine rings is 1. The molecule has 0 saturated carbocycles. The maximum Gasteiger partial charge on any atom is 0.408 e. The van der Waals surface area contributed by atoms with E-state index < -0.39 is 11.7 Å². The summed E-state index contributed by atoms with van der Waals surface area (Å²) in [5.41, 5.74) is 5.99. The van der Waals surface area contributed by atoms with Gasteiger partial charge in [0.25, 0.3) is 0 Å². The first-order chi connectivity index (χ1) is 16.4. The van der Waals surface area contributed by atoms with Crippen molar-refractivity contribution in [3.8, 4) is 11.3 Å². The lowest BCUT2D eigenvalue weighted by Crippen LogP contribution is -2.36. The lowest BCUT2D eigenvalue weighted by Gasteiger charge is -2.27. The highest BCUT2D eigenvalue weighted by atomic mass is 16.7. The molecule has 1 heterocycles. The van der Waals surface area contributed by atoms with E-state index in [9.17, 15) is 9.59 Å². The summed E-state index contributed by atoms with van der Waals surface area (Å²) in [5, 5.41) is 3.01. The number of nitrogens with one attached hydrogen (secondary N) is 2. The number of nitrogens with zero attached hydrogens (tertiary/aromatic N) is 1. The third kappa shape index (κ3) is 7.71. The average molecular weight is 462 g/mol. The molecule has 7 nitrogen and oxygen atoms in total. The largest absolute Gasteiger partial charge is 0.444 e. The standard InChI is InChI=1S/C27H31N3O4/c1-27(2,3)34-26(32)30-25(21-9-5-4-6-10-21)17-23(18-29-33-19-31)20-12-14-22(15-13-20)24-11-7-8-16-28-24/h4-16,19,23,25,29H,17-18H2,1-3H3,(H,30,32). The van der Waals surface area contributed by atoms with Crippen molar-refractivity contribution in [2.24, 2.45) is 0 Å².